The molecule has 1 saturated carbocycles. The van der Waals surface area contributed by atoms with Crippen LogP contribution in [0, 0.1) is 5.82 Å². The van der Waals surface area contributed by atoms with E-state index < -0.39 is 74.1 Å². The molecule has 5 atom stereocenters. The number of anilines is 1. The summed E-state index contributed by atoms with van der Waals surface area (Å²) in [5.41, 5.74) is 0.762. The van der Waals surface area contributed by atoms with Crippen molar-refractivity contribution in [2.45, 2.75) is 68.5 Å². The number of nitrogens with zero attached hydrogens (tertiary/aromatic N) is 3. The van der Waals surface area contributed by atoms with Gasteiger partial charge in [-0.3, -0.25) is 13.9 Å². The van der Waals surface area contributed by atoms with E-state index in [9.17, 15) is 37.1 Å². The molecule has 13 nitrogen and oxygen atoms in total. The first kappa shape index (κ1) is 36.0. The fraction of sp³-hybridized carbons (Fsp3) is 0.387. The van der Waals surface area contributed by atoms with E-state index in [0.29, 0.717) is 11.4 Å². The topological polar surface area (TPSA) is 180 Å². The Kier molecular flexibility index (Phi) is 9.62. The average molecular weight is 744 g/mol. The number of carbonyl (C=O) groups is 1. The molecule has 0 spiro atoms. The number of ether oxygens (including phenoxy) is 2. The van der Waals surface area contributed by atoms with Gasteiger partial charge in [0.05, 0.1) is 17.6 Å². The van der Waals surface area contributed by atoms with Gasteiger partial charge in [-0.15, -0.1) is 0 Å². The Morgan fingerprint density at radius 2 is 1.90 bits per heavy atom. The van der Waals surface area contributed by atoms with Crippen molar-refractivity contribution in [2.75, 3.05) is 12.3 Å². The van der Waals surface area contributed by atoms with Gasteiger partial charge in [-0.25, -0.2) is 18.9 Å². The number of esters is 1. The zero-order valence-corrected chi connectivity index (χ0v) is 27.8. The molecule has 2 aromatic heterocycles. The van der Waals surface area contributed by atoms with Crippen LogP contribution in [0.3, 0.4) is 0 Å². The number of aromatic nitrogens is 3. The minimum Gasteiger partial charge on any atom is -0.459 e. The number of nitrogens with one attached hydrogen (secondary N) is 1. The Labute approximate surface area is 286 Å². The molecule has 6 rings (SSSR count). The lowest BCUT2D eigenvalue weighted by molar-refractivity contribution is -0.157. The standard InChI is InChI=1S/C31H31ClF4N5O8P/c1-29(44)24(42)22(48-27(29)41-13-21(33)23-25(37)38-16-39-26(23)41)15-47-50(45,49-19-9-7-18(32)8-10-19)40-30(11-4-12-30)28(43)46-14-17-5-2-3-6-20(17)31(34,35)36/h2-3,5-10,13,16,22,24,27,42,44H,4,11-12,14-15H2,1H3,(H,40,45)(H2,37,38,39)/t22?,24-,27?,29-,50?/m1/s1. The normalized spacial score (nSPS) is 24.4. The highest BCUT2D eigenvalue weighted by Gasteiger charge is 2.56. The molecule has 268 valence electrons. The van der Waals surface area contributed by atoms with Gasteiger partial charge in [0.2, 0.25) is 0 Å². The second kappa shape index (κ2) is 13.4. The van der Waals surface area contributed by atoms with E-state index in [1.165, 1.54) is 49.4 Å². The highest BCUT2D eigenvalue weighted by atomic mass is 35.5. The molecule has 4 aromatic rings. The fourth-order valence-electron chi connectivity index (χ4n) is 5.86. The SMILES string of the molecule is C[C@]1(O)C(n2cc(F)c3c(N)ncnc32)OC(COP(=O)(NC2(C(=O)OCc3ccccc3C(F)(F)F)CCC2)Oc2ccc(Cl)cc2)[C@H]1O. The van der Waals surface area contributed by atoms with Crippen LogP contribution in [0.1, 0.15) is 43.5 Å². The molecular formula is C31H31ClF4N5O8P. The largest absolute Gasteiger partial charge is 0.459 e. The van der Waals surface area contributed by atoms with E-state index in [2.05, 4.69) is 15.1 Å². The molecule has 3 heterocycles. The number of aliphatic hydroxyl groups is 2. The van der Waals surface area contributed by atoms with Gasteiger partial charge in [0.25, 0.3) is 0 Å². The quantitative estimate of drug-likeness (QED) is 0.0887. The van der Waals surface area contributed by atoms with Crippen molar-refractivity contribution in [1.29, 1.82) is 0 Å². The summed E-state index contributed by atoms with van der Waals surface area (Å²) in [6, 6.07) is 10.3. The minimum absolute atomic E-state index is 0.00324. The highest BCUT2D eigenvalue weighted by molar-refractivity contribution is 7.52. The van der Waals surface area contributed by atoms with Crippen LogP contribution in [0.4, 0.5) is 23.4 Å². The highest BCUT2D eigenvalue weighted by Crippen LogP contribution is 2.52. The van der Waals surface area contributed by atoms with Crippen LogP contribution in [-0.2, 0) is 36.1 Å². The Bertz CT molecular complexity index is 1940. The van der Waals surface area contributed by atoms with Crippen molar-refractivity contribution < 1.29 is 55.7 Å². The predicted octanol–water partition coefficient (Wildman–Crippen LogP) is 5.29. The number of alkyl halides is 3. The third kappa shape index (κ3) is 6.91. The van der Waals surface area contributed by atoms with Gasteiger partial charge in [-0.1, -0.05) is 29.8 Å². The maximum Gasteiger partial charge on any atom is 0.459 e. The summed E-state index contributed by atoms with van der Waals surface area (Å²) in [6.07, 6.45) is -6.57. The Morgan fingerprint density at radius 1 is 1.20 bits per heavy atom. The molecule has 5 N–H and O–H groups in total. The number of nitrogen functional groups attached to an aromatic ring is 1. The number of hydrogen-bond donors (Lipinski definition) is 4. The summed E-state index contributed by atoms with van der Waals surface area (Å²) in [5, 5.41) is 25.2. The predicted molar refractivity (Wildman–Crippen MR) is 169 cm³/mol. The van der Waals surface area contributed by atoms with E-state index >= 15 is 0 Å². The zero-order chi connectivity index (χ0) is 36.1. The fourth-order valence-corrected chi connectivity index (χ4v) is 7.73. The van der Waals surface area contributed by atoms with Gasteiger partial charge in [0.1, 0.15) is 47.8 Å². The lowest BCUT2D eigenvalue weighted by Crippen LogP contribution is -2.57. The van der Waals surface area contributed by atoms with Crippen molar-refractivity contribution in [1.82, 2.24) is 19.6 Å². The summed E-state index contributed by atoms with van der Waals surface area (Å²) in [7, 11) is -4.63. The van der Waals surface area contributed by atoms with E-state index in [4.69, 9.17) is 35.9 Å². The minimum atomic E-state index is -4.69. The third-order valence-corrected chi connectivity index (χ3v) is 10.6. The molecule has 3 unspecified atom stereocenters. The van der Waals surface area contributed by atoms with Crippen LogP contribution in [-0.4, -0.2) is 60.7 Å². The summed E-state index contributed by atoms with van der Waals surface area (Å²) in [4.78, 5) is 21.2. The summed E-state index contributed by atoms with van der Waals surface area (Å²) in [5.74, 6) is -1.97. The number of carbonyl (C=O) groups excluding carboxylic acids is 1. The van der Waals surface area contributed by atoms with Crippen LogP contribution < -0.4 is 15.3 Å². The number of hydrogen-bond acceptors (Lipinski definition) is 11. The van der Waals surface area contributed by atoms with Gasteiger partial charge in [-0.05, 0) is 56.5 Å². The molecule has 2 aliphatic rings. The second-order valence-electron chi connectivity index (χ2n) is 12.2. The molecule has 0 amide bonds. The lowest BCUT2D eigenvalue weighted by atomic mass is 9.78. The van der Waals surface area contributed by atoms with E-state index in [1.807, 2.05) is 0 Å². The number of nitrogens with two attached hydrogens (primary N) is 1. The zero-order valence-electron chi connectivity index (χ0n) is 26.1. The summed E-state index contributed by atoms with van der Waals surface area (Å²) in [6.45, 7) is -0.186. The molecule has 50 heavy (non-hydrogen) atoms. The van der Waals surface area contributed by atoms with Crippen molar-refractivity contribution in [2.24, 2.45) is 0 Å². The number of aliphatic hydroxyl groups excluding tert-OH is 1. The molecular weight excluding hydrogens is 713 g/mol. The molecule has 1 aliphatic heterocycles. The number of halogens is 5. The average Bonchev–Trinajstić information content (AvgIpc) is 3.49. The first-order chi connectivity index (χ1) is 23.5. The van der Waals surface area contributed by atoms with Gasteiger partial charge >= 0.3 is 19.9 Å². The van der Waals surface area contributed by atoms with Crippen LogP contribution >= 0.6 is 19.3 Å². The van der Waals surface area contributed by atoms with Crippen LogP contribution in [0.5, 0.6) is 5.75 Å². The number of rotatable bonds is 11. The number of fused-ring (bicyclic) bond motifs is 1. The smallest absolute Gasteiger partial charge is 0.459 e. The lowest BCUT2D eigenvalue weighted by Gasteiger charge is -2.41. The van der Waals surface area contributed by atoms with Crippen LogP contribution in [0.2, 0.25) is 5.02 Å². The molecule has 19 heteroatoms. The summed E-state index contributed by atoms with van der Waals surface area (Å²) < 4.78 is 93.6. The van der Waals surface area contributed by atoms with Gasteiger partial charge in [0, 0.05) is 16.8 Å². The van der Waals surface area contributed by atoms with E-state index in [-0.39, 0.29) is 41.0 Å². The first-order valence-corrected chi connectivity index (χ1v) is 17.1. The summed E-state index contributed by atoms with van der Waals surface area (Å²) >= 11 is 5.98. The first-order valence-electron chi connectivity index (χ1n) is 15.2. The van der Waals surface area contributed by atoms with Crippen molar-refractivity contribution in [3.8, 4) is 5.75 Å². The van der Waals surface area contributed by atoms with Gasteiger partial charge < -0.3 is 29.9 Å². The Morgan fingerprint density at radius 3 is 2.56 bits per heavy atom. The molecule has 0 bridgehead atoms. The van der Waals surface area contributed by atoms with Crippen molar-refractivity contribution >= 4 is 42.2 Å². The van der Waals surface area contributed by atoms with Crippen molar-refractivity contribution in [3.63, 3.8) is 0 Å². The van der Waals surface area contributed by atoms with Gasteiger partial charge in [0.15, 0.2) is 17.7 Å². The Hall–Kier alpha value is -3.83. The maximum atomic E-state index is 14.8. The van der Waals surface area contributed by atoms with Crippen molar-refractivity contribution in [3.05, 3.63) is 83.0 Å². The van der Waals surface area contributed by atoms with E-state index in [1.54, 1.807) is 0 Å². The molecule has 1 aliphatic carbocycles. The van der Waals surface area contributed by atoms with Gasteiger partial charge in [-0.2, -0.15) is 18.3 Å². The molecule has 0 radical (unpaired) electrons. The molecule has 2 fully saturated rings. The molecule has 1 saturated heterocycles. The number of benzene rings is 2. The molecule has 2 aromatic carbocycles. The second-order valence-corrected chi connectivity index (χ2v) is 14.3. The Balaban J connectivity index is 1.23. The van der Waals surface area contributed by atoms with Crippen LogP contribution in [0.15, 0.2) is 61.1 Å². The third-order valence-electron chi connectivity index (χ3n) is 8.68. The van der Waals surface area contributed by atoms with Crippen LogP contribution in [0.25, 0.3) is 11.0 Å². The van der Waals surface area contributed by atoms with E-state index in [0.717, 1.165) is 23.2 Å². The maximum absolute atomic E-state index is 14.8. The monoisotopic (exact) mass is 743 g/mol.